The molecule has 0 aliphatic heterocycles. The molecule has 0 amide bonds. The summed E-state index contributed by atoms with van der Waals surface area (Å²) in [7, 11) is 1.13. The van der Waals surface area contributed by atoms with Crippen LogP contribution < -0.4 is 0 Å². The molecule has 2 aliphatic rings. The Labute approximate surface area is 205 Å². The van der Waals surface area contributed by atoms with Crippen molar-refractivity contribution in [3.63, 3.8) is 0 Å². The molecule has 5 atom stereocenters. The van der Waals surface area contributed by atoms with Gasteiger partial charge in [-0.2, -0.15) is 0 Å². The molecule has 2 aliphatic carbocycles. The number of aldehydes is 1. The molecule has 2 saturated carbocycles. The summed E-state index contributed by atoms with van der Waals surface area (Å²) >= 11 is 1.46. The first-order valence-electron chi connectivity index (χ1n) is 12.2. The minimum absolute atomic E-state index is 0.0116. The maximum atomic E-state index is 12.0. The van der Waals surface area contributed by atoms with E-state index in [2.05, 4.69) is 11.7 Å². The summed E-state index contributed by atoms with van der Waals surface area (Å²) < 4.78 is 9.89. The van der Waals surface area contributed by atoms with Crippen LogP contribution in [0.3, 0.4) is 0 Å². The molecule has 0 radical (unpaired) electrons. The van der Waals surface area contributed by atoms with Crippen molar-refractivity contribution in [1.29, 1.82) is 0 Å². The van der Waals surface area contributed by atoms with E-state index in [1.165, 1.54) is 11.3 Å². The number of methoxy groups -OCH3 is 1. The van der Waals surface area contributed by atoms with Gasteiger partial charge in [-0.05, 0) is 62.5 Å². The highest BCUT2D eigenvalue weighted by molar-refractivity contribution is 7.13. The average Bonchev–Trinajstić information content (AvgIpc) is 3.37. The molecule has 34 heavy (non-hydrogen) atoms. The number of hydrogen-bond acceptors (Lipinski definition) is 8. The molecule has 0 spiro atoms. The van der Waals surface area contributed by atoms with Crippen molar-refractivity contribution in [1.82, 2.24) is 0 Å². The van der Waals surface area contributed by atoms with Gasteiger partial charge in [-0.25, -0.2) is 9.59 Å². The summed E-state index contributed by atoms with van der Waals surface area (Å²) in [4.78, 5) is 36.3. The van der Waals surface area contributed by atoms with Crippen molar-refractivity contribution < 1.29 is 34.1 Å². The van der Waals surface area contributed by atoms with E-state index < -0.39 is 30.3 Å². The Balaban J connectivity index is 1.66. The third kappa shape index (κ3) is 6.15. The van der Waals surface area contributed by atoms with Crippen LogP contribution in [0, 0.1) is 17.3 Å². The zero-order chi connectivity index (χ0) is 24.7. The first kappa shape index (κ1) is 26.6. The Morgan fingerprint density at radius 1 is 1.29 bits per heavy atom. The largest absolute Gasteiger partial charge is 0.461 e. The van der Waals surface area contributed by atoms with Gasteiger partial charge in [-0.15, -0.1) is 11.3 Å². The van der Waals surface area contributed by atoms with Crippen LogP contribution in [0.25, 0.3) is 0 Å². The van der Waals surface area contributed by atoms with Crippen LogP contribution in [0.15, 0.2) is 24.3 Å². The van der Waals surface area contributed by atoms with Crippen molar-refractivity contribution in [3.05, 3.63) is 34.0 Å². The van der Waals surface area contributed by atoms with Crippen LogP contribution in [0.4, 0.5) is 0 Å². The lowest BCUT2D eigenvalue weighted by molar-refractivity contribution is -0.170. The molecule has 1 aromatic rings. The van der Waals surface area contributed by atoms with Gasteiger partial charge in [0, 0.05) is 23.1 Å². The molecule has 8 heteroatoms. The number of rotatable bonds is 11. The van der Waals surface area contributed by atoms with Gasteiger partial charge in [-0.3, -0.25) is 4.79 Å². The van der Waals surface area contributed by atoms with Crippen molar-refractivity contribution in [2.24, 2.45) is 17.3 Å². The molecule has 3 rings (SSSR count). The zero-order valence-corrected chi connectivity index (χ0v) is 20.8. The van der Waals surface area contributed by atoms with E-state index in [1.807, 2.05) is 18.2 Å². The highest BCUT2D eigenvalue weighted by Gasteiger charge is 2.44. The number of aliphatic hydroxyl groups is 2. The van der Waals surface area contributed by atoms with Gasteiger partial charge >= 0.3 is 11.9 Å². The third-order valence-corrected chi connectivity index (χ3v) is 8.81. The number of carbonyl (C=O) groups excluding carboxylic acids is 3. The fourth-order valence-electron chi connectivity index (χ4n) is 5.43. The highest BCUT2D eigenvalue weighted by atomic mass is 32.1. The van der Waals surface area contributed by atoms with E-state index in [-0.39, 0.29) is 23.7 Å². The summed E-state index contributed by atoms with van der Waals surface area (Å²) in [6, 6.07) is 3.74. The molecule has 2 unspecified atom stereocenters. The Hall–Kier alpha value is -2.03. The second-order valence-corrected chi connectivity index (χ2v) is 10.7. The molecule has 2 N–H and O–H groups in total. The minimum atomic E-state index is -1.05. The summed E-state index contributed by atoms with van der Waals surface area (Å²) in [5, 5.41) is 21.5. The number of carbonyl (C=O) groups is 3. The Morgan fingerprint density at radius 2 is 2.06 bits per heavy atom. The first-order chi connectivity index (χ1) is 16.3. The lowest BCUT2D eigenvalue weighted by Crippen LogP contribution is -2.40. The fraction of sp³-hybridized carbons (Fsp3) is 0.654. The number of ether oxygens (including phenoxy) is 2. The van der Waals surface area contributed by atoms with Crippen molar-refractivity contribution >= 4 is 29.6 Å². The molecule has 7 nitrogen and oxygen atoms in total. The molecule has 2 fully saturated rings. The molecular formula is C26H36O7S. The highest BCUT2D eigenvalue weighted by Crippen LogP contribution is 2.48. The maximum absolute atomic E-state index is 12.0. The SMILES string of the molecule is CCC1(C(O)C/C=C/C2[C@H](O)C[C@H](OC(=O)C(=O)OC)[C@@H]2CCCc2ccc(C=O)s2)CCC1. The average molecular weight is 493 g/mol. The summed E-state index contributed by atoms with van der Waals surface area (Å²) in [6.07, 6.45) is 10.3. The monoisotopic (exact) mass is 492 g/mol. The van der Waals surface area contributed by atoms with Gasteiger partial charge in [0.25, 0.3) is 0 Å². The van der Waals surface area contributed by atoms with E-state index >= 15 is 0 Å². The Bertz CT molecular complexity index is 867. The summed E-state index contributed by atoms with van der Waals surface area (Å²) in [6.45, 7) is 2.12. The van der Waals surface area contributed by atoms with Gasteiger partial charge in [0.2, 0.25) is 0 Å². The molecule has 188 valence electrons. The van der Waals surface area contributed by atoms with Crippen molar-refractivity contribution in [2.45, 2.75) is 83.0 Å². The Kier molecular flexibility index (Phi) is 9.45. The smallest absolute Gasteiger partial charge is 0.417 e. The lowest BCUT2D eigenvalue weighted by Gasteiger charge is -2.45. The molecule has 0 saturated heterocycles. The van der Waals surface area contributed by atoms with Crippen LogP contribution >= 0.6 is 11.3 Å². The molecule has 1 heterocycles. The second kappa shape index (κ2) is 12.1. The molecular weight excluding hydrogens is 456 g/mol. The van der Waals surface area contributed by atoms with Crippen LogP contribution in [-0.4, -0.2) is 53.9 Å². The van der Waals surface area contributed by atoms with Gasteiger partial charge in [-0.1, -0.05) is 25.5 Å². The topological polar surface area (TPSA) is 110 Å². The van der Waals surface area contributed by atoms with Crippen molar-refractivity contribution in [2.75, 3.05) is 7.11 Å². The van der Waals surface area contributed by atoms with Gasteiger partial charge in [0.05, 0.1) is 24.2 Å². The number of esters is 2. The zero-order valence-electron chi connectivity index (χ0n) is 20.0. The molecule has 0 bridgehead atoms. The van der Waals surface area contributed by atoms with E-state index in [9.17, 15) is 24.6 Å². The predicted molar refractivity (Wildman–Crippen MR) is 128 cm³/mol. The third-order valence-electron chi connectivity index (χ3n) is 7.74. The van der Waals surface area contributed by atoms with E-state index in [4.69, 9.17) is 4.74 Å². The van der Waals surface area contributed by atoms with Gasteiger partial charge in [0.15, 0.2) is 6.29 Å². The number of aliphatic hydroxyl groups excluding tert-OH is 2. The number of hydrogen-bond donors (Lipinski definition) is 2. The second-order valence-electron chi connectivity index (χ2n) is 9.54. The summed E-state index contributed by atoms with van der Waals surface area (Å²) in [5.74, 6) is -2.50. The lowest BCUT2D eigenvalue weighted by atomic mass is 9.63. The van der Waals surface area contributed by atoms with E-state index in [1.54, 1.807) is 6.07 Å². The quantitative estimate of drug-likeness (QED) is 0.209. The van der Waals surface area contributed by atoms with Gasteiger partial charge < -0.3 is 19.7 Å². The van der Waals surface area contributed by atoms with Crippen LogP contribution in [0.1, 0.15) is 72.8 Å². The normalized spacial score (nSPS) is 26.7. The molecule has 1 aromatic heterocycles. The van der Waals surface area contributed by atoms with Crippen LogP contribution in [0.2, 0.25) is 0 Å². The predicted octanol–water partition coefficient (Wildman–Crippen LogP) is 3.85. The minimum Gasteiger partial charge on any atom is -0.461 e. The number of thiophene rings is 1. The first-order valence-corrected chi connectivity index (χ1v) is 13.0. The van der Waals surface area contributed by atoms with E-state index in [0.717, 1.165) is 56.8 Å². The van der Waals surface area contributed by atoms with E-state index in [0.29, 0.717) is 17.7 Å². The fourth-order valence-corrected chi connectivity index (χ4v) is 6.30. The standard InChI is InChI=1S/C26H36O7S/c1-3-26(13-6-14-26)23(29)10-5-8-19-20(9-4-7-17-11-12-18(16-27)34-17)22(15-21(19)28)33-25(31)24(30)32-2/h5,8,11-12,16,19-23,28-29H,3-4,6-7,9-10,13-15H2,1-2H3/b8-5+/t19?,20-,21-,22+,23?/m1/s1. The summed E-state index contributed by atoms with van der Waals surface area (Å²) in [5.41, 5.74) is 0.0116. The number of aryl methyl sites for hydroxylation is 1. The van der Waals surface area contributed by atoms with Gasteiger partial charge in [0.1, 0.15) is 6.10 Å². The Morgan fingerprint density at radius 3 is 2.65 bits per heavy atom. The van der Waals surface area contributed by atoms with Crippen LogP contribution in [-0.2, 0) is 25.5 Å². The van der Waals surface area contributed by atoms with Crippen LogP contribution in [0.5, 0.6) is 0 Å². The maximum Gasteiger partial charge on any atom is 0.417 e. The molecule has 0 aromatic carbocycles. The van der Waals surface area contributed by atoms with Crippen molar-refractivity contribution in [3.8, 4) is 0 Å².